The topological polar surface area (TPSA) is 3.01 Å². The minimum absolute atomic E-state index is 0. The van der Waals surface area contributed by atoms with Gasteiger partial charge in [0.05, 0.1) is 0 Å². The molecule has 0 aliphatic heterocycles. The fourth-order valence-corrected chi connectivity index (χ4v) is 0. The van der Waals surface area contributed by atoms with Crippen molar-refractivity contribution in [1.29, 1.82) is 0 Å². The van der Waals surface area contributed by atoms with Crippen LogP contribution >= 0.6 is 0 Å². The summed E-state index contributed by atoms with van der Waals surface area (Å²) >= 11 is 0. The first-order valence-corrected chi connectivity index (χ1v) is 1.73. The molecule has 0 heterocycles. The third kappa shape index (κ3) is 9.38. The molecule has 0 fully saturated rings. The van der Waals surface area contributed by atoms with Crippen molar-refractivity contribution in [3.8, 4) is 0 Å². The van der Waals surface area contributed by atoms with Gasteiger partial charge in [-0.3, -0.25) is 0 Å². The van der Waals surface area contributed by atoms with Crippen molar-refractivity contribution < 1.29 is 4.58 Å². The number of rotatable bonds is 0. The van der Waals surface area contributed by atoms with Gasteiger partial charge in [0.15, 0.2) is 0 Å². The van der Waals surface area contributed by atoms with Gasteiger partial charge in [-0.2, -0.15) is 0 Å². The molecule has 0 aliphatic rings. The van der Waals surface area contributed by atoms with E-state index in [9.17, 15) is 0 Å². The van der Waals surface area contributed by atoms with Crippen molar-refractivity contribution in [1.82, 2.24) is 0 Å². The quantitative estimate of drug-likeness (QED) is 0.233. The van der Waals surface area contributed by atoms with Crippen LogP contribution in [0.3, 0.4) is 0 Å². The Morgan fingerprint density at radius 2 is 1.50 bits per heavy atom. The van der Waals surface area contributed by atoms with Crippen LogP contribution in [0.4, 0.5) is 0 Å². The Morgan fingerprint density at radius 3 is 1.50 bits per heavy atom. The molecule has 0 aromatic carbocycles. The average molecular weight is 87.2 g/mol. The first-order chi connectivity index (χ1) is 2.27. The summed E-state index contributed by atoms with van der Waals surface area (Å²) in [6.07, 6.45) is 2.00. The minimum Gasteiger partial charge on any atom is -0.358 e. The van der Waals surface area contributed by atoms with Crippen molar-refractivity contribution in [2.45, 2.75) is 6.92 Å². The van der Waals surface area contributed by atoms with E-state index in [1.807, 2.05) is 31.8 Å². The Kier molecular flexibility index (Phi) is 7.15. The van der Waals surface area contributed by atoms with Crippen LogP contribution in [0.15, 0.2) is 0 Å². The van der Waals surface area contributed by atoms with E-state index in [4.69, 9.17) is 0 Å². The SMILES string of the molecule is CC=[N+](C)C.[CH3-]. The zero-order valence-electron chi connectivity index (χ0n) is 5.02. The monoisotopic (exact) mass is 87.1 g/mol. The number of nitrogens with zero attached hydrogens (tertiary/aromatic N) is 1. The fourth-order valence-electron chi connectivity index (χ4n) is 0. The van der Waals surface area contributed by atoms with Gasteiger partial charge in [-0.05, 0) is 0 Å². The van der Waals surface area contributed by atoms with E-state index in [2.05, 4.69) is 0 Å². The van der Waals surface area contributed by atoms with Gasteiger partial charge < -0.3 is 7.43 Å². The van der Waals surface area contributed by atoms with Crippen molar-refractivity contribution in [2.75, 3.05) is 14.1 Å². The van der Waals surface area contributed by atoms with Crippen LogP contribution in [0.25, 0.3) is 0 Å². The summed E-state index contributed by atoms with van der Waals surface area (Å²) in [6.45, 7) is 2.00. The van der Waals surface area contributed by atoms with Gasteiger partial charge in [0.25, 0.3) is 0 Å². The predicted molar refractivity (Wildman–Crippen MR) is 30.3 cm³/mol. The van der Waals surface area contributed by atoms with Crippen LogP contribution in [0.1, 0.15) is 6.92 Å². The van der Waals surface area contributed by atoms with Crippen molar-refractivity contribution >= 4 is 6.21 Å². The van der Waals surface area contributed by atoms with E-state index in [-0.39, 0.29) is 7.43 Å². The summed E-state index contributed by atoms with van der Waals surface area (Å²) in [6, 6.07) is 0. The Balaban J connectivity index is 0. The molecular formula is C5H13N. The summed E-state index contributed by atoms with van der Waals surface area (Å²) in [5.41, 5.74) is 0. The summed E-state index contributed by atoms with van der Waals surface area (Å²) in [5, 5.41) is 0. The van der Waals surface area contributed by atoms with Gasteiger partial charge in [-0.25, -0.2) is 4.58 Å². The third-order valence-electron chi connectivity index (χ3n) is 0.516. The van der Waals surface area contributed by atoms with E-state index in [1.165, 1.54) is 0 Å². The maximum Gasteiger partial charge on any atom is 0.136 e. The Hall–Kier alpha value is -0.330. The van der Waals surface area contributed by atoms with Gasteiger partial charge >= 0.3 is 0 Å². The summed E-state index contributed by atoms with van der Waals surface area (Å²) in [5.74, 6) is 0. The third-order valence-corrected chi connectivity index (χ3v) is 0.516. The summed E-state index contributed by atoms with van der Waals surface area (Å²) in [4.78, 5) is 0. The maximum absolute atomic E-state index is 2.00. The Morgan fingerprint density at radius 1 is 1.33 bits per heavy atom. The summed E-state index contributed by atoms with van der Waals surface area (Å²) < 4.78 is 2.00. The second-order valence-corrected chi connectivity index (χ2v) is 1.22. The molecule has 0 aromatic heterocycles. The predicted octanol–water partition coefficient (Wildman–Crippen LogP) is 0.799. The Bertz CT molecular complexity index is 41.9. The van der Waals surface area contributed by atoms with E-state index in [0.717, 1.165) is 0 Å². The van der Waals surface area contributed by atoms with Gasteiger partial charge in [-0.15, -0.1) is 0 Å². The molecule has 0 radical (unpaired) electrons. The lowest BCUT2D eigenvalue weighted by Gasteiger charge is -1.72. The molecule has 0 amide bonds. The van der Waals surface area contributed by atoms with E-state index in [0.29, 0.717) is 0 Å². The molecule has 0 N–H and O–H groups in total. The molecule has 0 saturated carbocycles. The molecule has 0 aliphatic carbocycles. The van der Waals surface area contributed by atoms with Crippen LogP contribution in [0.2, 0.25) is 0 Å². The van der Waals surface area contributed by atoms with E-state index < -0.39 is 0 Å². The molecule has 0 atom stereocenters. The van der Waals surface area contributed by atoms with Crippen LogP contribution in [-0.2, 0) is 0 Å². The summed E-state index contributed by atoms with van der Waals surface area (Å²) in [7, 11) is 4.00. The molecule has 0 rings (SSSR count). The van der Waals surface area contributed by atoms with Gasteiger partial charge in [0, 0.05) is 6.92 Å². The molecule has 0 bridgehead atoms. The minimum atomic E-state index is 0. The van der Waals surface area contributed by atoms with E-state index >= 15 is 0 Å². The largest absolute Gasteiger partial charge is 0.358 e. The molecule has 6 heavy (non-hydrogen) atoms. The van der Waals surface area contributed by atoms with Crippen LogP contribution < -0.4 is 0 Å². The molecule has 0 saturated heterocycles. The highest BCUT2D eigenvalue weighted by atomic mass is 14.9. The molecule has 0 spiro atoms. The number of hydrogen-bond donors (Lipinski definition) is 0. The van der Waals surface area contributed by atoms with Crippen molar-refractivity contribution in [3.05, 3.63) is 7.43 Å². The molecule has 38 valence electrons. The lowest BCUT2D eigenvalue weighted by molar-refractivity contribution is -0.459. The molecule has 1 heteroatoms. The van der Waals surface area contributed by atoms with Crippen molar-refractivity contribution in [3.63, 3.8) is 0 Å². The smallest absolute Gasteiger partial charge is 0.136 e. The second-order valence-electron chi connectivity index (χ2n) is 1.22. The first-order valence-electron chi connectivity index (χ1n) is 1.73. The average Bonchev–Trinajstić information content (AvgIpc) is 1.38. The Labute approximate surface area is 40.3 Å². The highest BCUT2D eigenvalue weighted by Crippen LogP contribution is 1.43. The standard InChI is InChI=1S/C4H10N.CH3/c1-4-5(2)3;/h4H,1-3H3;1H3/q+1;-1. The lowest BCUT2D eigenvalue weighted by Crippen LogP contribution is -1.93. The fraction of sp³-hybridized carbons (Fsp3) is 0.600. The zero-order chi connectivity index (χ0) is 4.28. The van der Waals surface area contributed by atoms with Gasteiger partial charge in [-0.1, -0.05) is 0 Å². The molecular weight excluding hydrogens is 74.1 g/mol. The molecule has 1 nitrogen and oxygen atoms in total. The van der Waals surface area contributed by atoms with Gasteiger partial charge in [0.2, 0.25) is 0 Å². The highest BCUT2D eigenvalue weighted by Gasteiger charge is 1.64. The zero-order valence-corrected chi connectivity index (χ0v) is 5.02. The first kappa shape index (κ1) is 9.18. The molecule has 0 unspecified atom stereocenters. The second kappa shape index (κ2) is 4.67. The van der Waals surface area contributed by atoms with Crippen molar-refractivity contribution in [2.24, 2.45) is 0 Å². The maximum atomic E-state index is 2.00. The number of hydrogen-bond acceptors (Lipinski definition) is 0. The molecule has 0 aromatic rings. The van der Waals surface area contributed by atoms with Crippen LogP contribution in [0.5, 0.6) is 0 Å². The lowest BCUT2D eigenvalue weighted by atomic mass is 10.8. The van der Waals surface area contributed by atoms with E-state index in [1.54, 1.807) is 0 Å². The van der Waals surface area contributed by atoms with Crippen LogP contribution in [-0.4, -0.2) is 24.9 Å². The van der Waals surface area contributed by atoms with Gasteiger partial charge in [0.1, 0.15) is 20.3 Å². The van der Waals surface area contributed by atoms with Crippen LogP contribution in [0, 0.1) is 7.43 Å². The normalized spacial score (nSPS) is 5.83. The highest BCUT2D eigenvalue weighted by molar-refractivity contribution is 5.46.